The van der Waals surface area contributed by atoms with Gasteiger partial charge in [-0.3, -0.25) is 4.79 Å². The highest BCUT2D eigenvalue weighted by molar-refractivity contribution is 6.30. The molecule has 5 nitrogen and oxygen atoms in total. The monoisotopic (exact) mass is 268 g/mol. The number of carboxylic acid groups (broad SMARTS) is 1. The molecule has 0 spiro atoms. The molecule has 1 heterocycles. The van der Waals surface area contributed by atoms with E-state index in [1.165, 1.54) is 0 Å². The van der Waals surface area contributed by atoms with Crippen LogP contribution in [-0.2, 0) is 9.59 Å². The Labute approximate surface area is 109 Å². The van der Waals surface area contributed by atoms with Crippen LogP contribution in [0.4, 0.5) is 5.69 Å². The third-order valence-corrected chi connectivity index (χ3v) is 3.17. The molecule has 2 rings (SSSR count). The van der Waals surface area contributed by atoms with Crippen LogP contribution in [0.15, 0.2) is 18.2 Å². The summed E-state index contributed by atoms with van der Waals surface area (Å²) in [7, 11) is 0. The van der Waals surface area contributed by atoms with Gasteiger partial charge in [0, 0.05) is 17.3 Å². The van der Waals surface area contributed by atoms with Crippen LogP contribution in [0.3, 0.4) is 0 Å². The van der Waals surface area contributed by atoms with Crippen LogP contribution in [0.25, 0.3) is 0 Å². The Kier molecular flexibility index (Phi) is 3.43. The number of benzene rings is 1. The Morgan fingerprint density at radius 2 is 2.28 bits per heavy atom. The number of nitrogens with zero attached hydrogens (tertiary/aromatic N) is 1. The summed E-state index contributed by atoms with van der Waals surface area (Å²) in [5, 5.41) is 12.3. The van der Waals surface area contributed by atoms with Crippen molar-refractivity contribution in [3.8, 4) is 0 Å². The molecule has 0 aromatic heterocycles. The maximum absolute atomic E-state index is 11.4. The van der Waals surface area contributed by atoms with E-state index in [9.17, 15) is 14.7 Å². The Hall–Kier alpha value is -1.75. The molecule has 0 radical (unpaired) electrons. The first-order valence-corrected chi connectivity index (χ1v) is 5.89. The summed E-state index contributed by atoms with van der Waals surface area (Å²) in [5.74, 6) is -1.13. The predicted molar refractivity (Wildman–Crippen MR) is 68.0 cm³/mol. The first-order valence-electron chi connectivity index (χ1n) is 5.51. The zero-order valence-corrected chi connectivity index (χ0v) is 10.6. The number of carbonyl (C=O) groups excluding carboxylic acids is 1. The van der Waals surface area contributed by atoms with E-state index in [1.807, 2.05) is 6.92 Å². The molecule has 1 unspecified atom stereocenters. The van der Waals surface area contributed by atoms with Crippen LogP contribution in [0, 0.1) is 6.92 Å². The fourth-order valence-corrected chi connectivity index (χ4v) is 2.28. The quantitative estimate of drug-likeness (QED) is 0.841. The van der Waals surface area contributed by atoms with Gasteiger partial charge in [-0.2, -0.15) is 0 Å². The largest absolute Gasteiger partial charge is 0.480 e. The lowest BCUT2D eigenvalue weighted by molar-refractivity contribution is -0.139. The summed E-state index contributed by atoms with van der Waals surface area (Å²) < 4.78 is 0. The van der Waals surface area contributed by atoms with Gasteiger partial charge in [-0.05, 0) is 30.7 Å². The van der Waals surface area contributed by atoms with Gasteiger partial charge in [-0.15, -0.1) is 0 Å². The predicted octanol–water partition coefficient (Wildman–Crippen LogP) is 1.04. The number of piperazine rings is 1. The maximum Gasteiger partial charge on any atom is 0.328 e. The molecule has 1 aliphatic heterocycles. The highest BCUT2D eigenvalue weighted by Crippen LogP contribution is 2.26. The molecule has 6 heteroatoms. The molecule has 1 aromatic rings. The van der Waals surface area contributed by atoms with Crippen molar-refractivity contribution in [3.63, 3.8) is 0 Å². The normalized spacial score (nSPS) is 19.6. The van der Waals surface area contributed by atoms with Gasteiger partial charge >= 0.3 is 5.97 Å². The van der Waals surface area contributed by atoms with Gasteiger partial charge < -0.3 is 15.3 Å². The average molecular weight is 269 g/mol. The SMILES string of the molecule is Cc1cc(Cl)ccc1N1CC(=O)NCC1C(=O)O. The molecule has 1 aromatic carbocycles. The van der Waals surface area contributed by atoms with Gasteiger partial charge in [0.1, 0.15) is 6.04 Å². The van der Waals surface area contributed by atoms with Gasteiger partial charge in [-0.25, -0.2) is 4.79 Å². The van der Waals surface area contributed by atoms with Crippen LogP contribution in [0.1, 0.15) is 5.56 Å². The summed E-state index contributed by atoms with van der Waals surface area (Å²) in [6, 6.07) is 4.44. The van der Waals surface area contributed by atoms with E-state index in [0.717, 1.165) is 11.3 Å². The Morgan fingerprint density at radius 1 is 1.56 bits per heavy atom. The summed E-state index contributed by atoms with van der Waals surface area (Å²) in [6.07, 6.45) is 0. The maximum atomic E-state index is 11.4. The molecule has 0 bridgehead atoms. The highest BCUT2D eigenvalue weighted by Gasteiger charge is 2.32. The zero-order valence-electron chi connectivity index (χ0n) is 9.81. The van der Waals surface area contributed by atoms with E-state index in [1.54, 1.807) is 23.1 Å². The van der Waals surface area contributed by atoms with E-state index in [-0.39, 0.29) is 19.0 Å². The minimum Gasteiger partial charge on any atom is -0.480 e. The van der Waals surface area contributed by atoms with Crippen molar-refractivity contribution in [3.05, 3.63) is 28.8 Å². The second-order valence-corrected chi connectivity index (χ2v) is 4.65. The fourth-order valence-electron chi connectivity index (χ4n) is 2.06. The van der Waals surface area contributed by atoms with E-state index < -0.39 is 12.0 Å². The molecule has 0 saturated carbocycles. The third kappa shape index (κ3) is 2.41. The van der Waals surface area contributed by atoms with Crippen molar-refractivity contribution in [2.24, 2.45) is 0 Å². The van der Waals surface area contributed by atoms with Crippen LogP contribution in [0.5, 0.6) is 0 Å². The van der Waals surface area contributed by atoms with Crippen molar-refractivity contribution in [2.75, 3.05) is 18.0 Å². The van der Waals surface area contributed by atoms with E-state index >= 15 is 0 Å². The molecule has 1 amide bonds. The molecule has 18 heavy (non-hydrogen) atoms. The third-order valence-electron chi connectivity index (χ3n) is 2.94. The molecule has 1 fully saturated rings. The van der Waals surface area contributed by atoms with Crippen molar-refractivity contribution in [1.29, 1.82) is 0 Å². The molecule has 96 valence electrons. The lowest BCUT2D eigenvalue weighted by atomic mass is 10.1. The minimum atomic E-state index is -0.954. The number of nitrogens with one attached hydrogen (secondary N) is 1. The van der Waals surface area contributed by atoms with Gasteiger partial charge in [0.25, 0.3) is 0 Å². The number of anilines is 1. The number of hydrogen-bond acceptors (Lipinski definition) is 3. The van der Waals surface area contributed by atoms with E-state index in [4.69, 9.17) is 11.6 Å². The average Bonchev–Trinajstić information content (AvgIpc) is 2.28. The van der Waals surface area contributed by atoms with E-state index in [2.05, 4.69) is 5.32 Å². The first-order chi connectivity index (χ1) is 8.49. The van der Waals surface area contributed by atoms with Gasteiger partial charge in [0.2, 0.25) is 5.91 Å². The summed E-state index contributed by atoms with van der Waals surface area (Å²) in [5.41, 5.74) is 1.57. The van der Waals surface area contributed by atoms with Crippen LogP contribution >= 0.6 is 11.6 Å². The number of rotatable bonds is 2. The van der Waals surface area contributed by atoms with Gasteiger partial charge in [-0.1, -0.05) is 11.6 Å². The van der Waals surface area contributed by atoms with Crippen LogP contribution in [-0.4, -0.2) is 36.1 Å². The highest BCUT2D eigenvalue weighted by atomic mass is 35.5. The molecule has 1 atom stereocenters. The standard InChI is InChI=1S/C12H13ClN2O3/c1-7-4-8(13)2-3-9(7)15-6-11(16)14-5-10(15)12(17)18/h2-4,10H,5-6H2,1H3,(H,14,16)(H,17,18). The lowest BCUT2D eigenvalue weighted by Gasteiger charge is -2.35. The molecule has 2 N–H and O–H groups in total. The van der Waals surface area contributed by atoms with Crippen LogP contribution < -0.4 is 10.2 Å². The molecule has 0 aliphatic carbocycles. The lowest BCUT2D eigenvalue weighted by Crippen LogP contribution is -2.57. The molecule has 1 aliphatic rings. The van der Waals surface area contributed by atoms with Crippen LogP contribution in [0.2, 0.25) is 5.02 Å². The number of carbonyl (C=O) groups is 2. The smallest absolute Gasteiger partial charge is 0.328 e. The second kappa shape index (κ2) is 4.86. The first kappa shape index (κ1) is 12.7. The zero-order chi connectivity index (χ0) is 13.3. The number of carboxylic acids is 1. The van der Waals surface area contributed by atoms with Crippen molar-refractivity contribution >= 4 is 29.2 Å². The van der Waals surface area contributed by atoms with E-state index in [0.29, 0.717) is 5.02 Å². The minimum absolute atomic E-state index is 0.0411. The number of halogens is 1. The number of amides is 1. The Bertz CT molecular complexity index is 504. The summed E-state index contributed by atoms with van der Waals surface area (Å²) in [4.78, 5) is 24.2. The molecular formula is C12H13ClN2O3. The molecule has 1 saturated heterocycles. The van der Waals surface area contributed by atoms with Crippen molar-refractivity contribution in [1.82, 2.24) is 5.32 Å². The number of hydrogen-bond donors (Lipinski definition) is 2. The van der Waals surface area contributed by atoms with Crippen molar-refractivity contribution < 1.29 is 14.7 Å². The van der Waals surface area contributed by atoms with Gasteiger partial charge in [0.15, 0.2) is 0 Å². The Balaban J connectivity index is 2.38. The fraction of sp³-hybridized carbons (Fsp3) is 0.333. The second-order valence-electron chi connectivity index (χ2n) is 4.22. The molecular weight excluding hydrogens is 256 g/mol. The number of aryl methyl sites for hydroxylation is 1. The number of aliphatic carboxylic acids is 1. The topological polar surface area (TPSA) is 69.6 Å². The summed E-state index contributed by atoms with van der Waals surface area (Å²) >= 11 is 5.87. The Morgan fingerprint density at radius 3 is 2.89 bits per heavy atom. The van der Waals surface area contributed by atoms with Crippen molar-refractivity contribution in [2.45, 2.75) is 13.0 Å². The summed E-state index contributed by atoms with van der Waals surface area (Å²) in [6.45, 7) is 1.99. The van der Waals surface area contributed by atoms with Gasteiger partial charge in [0.05, 0.1) is 6.54 Å².